The topological polar surface area (TPSA) is 112 Å². The van der Waals surface area contributed by atoms with E-state index in [9.17, 15) is 14.7 Å². The van der Waals surface area contributed by atoms with E-state index in [4.69, 9.17) is 9.62 Å². The SMILES string of the molecule is O=C(NCC[C@H](O)C(=O)NO)c1ccc(-c2cc3ccccc3o2)cc1. The second kappa shape index (κ2) is 7.81. The number of fused-ring (bicyclic) bond motifs is 1. The van der Waals surface area contributed by atoms with Crippen LogP contribution in [0.1, 0.15) is 16.8 Å². The van der Waals surface area contributed by atoms with Crippen molar-refractivity contribution >= 4 is 22.8 Å². The molecule has 7 nitrogen and oxygen atoms in total. The third-order valence-electron chi connectivity index (χ3n) is 3.97. The number of aliphatic hydroxyl groups excluding tert-OH is 1. The molecule has 134 valence electrons. The molecule has 7 heteroatoms. The van der Waals surface area contributed by atoms with Gasteiger partial charge in [0.25, 0.3) is 11.8 Å². The number of aliphatic hydroxyl groups is 1. The summed E-state index contributed by atoms with van der Waals surface area (Å²) < 4.78 is 5.79. The predicted molar refractivity (Wildman–Crippen MR) is 94.5 cm³/mol. The van der Waals surface area contributed by atoms with Gasteiger partial charge in [0.1, 0.15) is 17.4 Å². The van der Waals surface area contributed by atoms with Crippen molar-refractivity contribution in [1.82, 2.24) is 10.8 Å². The monoisotopic (exact) mass is 354 g/mol. The molecule has 0 bridgehead atoms. The van der Waals surface area contributed by atoms with Gasteiger partial charge in [-0.2, -0.15) is 0 Å². The molecule has 0 aliphatic heterocycles. The molecule has 0 saturated carbocycles. The summed E-state index contributed by atoms with van der Waals surface area (Å²) in [5.41, 5.74) is 3.46. The second-order valence-corrected chi connectivity index (χ2v) is 5.76. The van der Waals surface area contributed by atoms with E-state index in [2.05, 4.69) is 5.32 Å². The highest BCUT2D eigenvalue weighted by Gasteiger charge is 2.14. The van der Waals surface area contributed by atoms with Crippen LogP contribution >= 0.6 is 0 Å². The molecule has 0 spiro atoms. The standard InChI is InChI=1S/C19H18N2O5/c22-15(19(24)21-25)9-10-20-18(23)13-7-5-12(6-8-13)17-11-14-3-1-2-4-16(14)26-17/h1-8,11,15,22,25H,9-10H2,(H,20,23)(H,21,24)/t15-/m0/s1. The Morgan fingerprint density at radius 1 is 1.08 bits per heavy atom. The summed E-state index contributed by atoms with van der Waals surface area (Å²) in [4.78, 5) is 23.0. The lowest BCUT2D eigenvalue weighted by molar-refractivity contribution is -0.138. The van der Waals surface area contributed by atoms with Gasteiger partial charge in [-0.05, 0) is 30.7 Å². The molecule has 0 unspecified atom stereocenters. The van der Waals surface area contributed by atoms with Crippen LogP contribution in [0.3, 0.4) is 0 Å². The molecular weight excluding hydrogens is 336 g/mol. The van der Waals surface area contributed by atoms with E-state index in [1.807, 2.05) is 30.3 Å². The van der Waals surface area contributed by atoms with Gasteiger partial charge in [-0.3, -0.25) is 14.8 Å². The highest BCUT2D eigenvalue weighted by Crippen LogP contribution is 2.27. The Hall–Kier alpha value is -3.16. The number of hydrogen-bond donors (Lipinski definition) is 4. The maximum atomic E-state index is 12.1. The van der Waals surface area contributed by atoms with Crippen LogP contribution in [0.15, 0.2) is 59.0 Å². The Morgan fingerprint density at radius 3 is 2.50 bits per heavy atom. The minimum atomic E-state index is -1.38. The number of nitrogens with one attached hydrogen (secondary N) is 2. The highest BCUT2D eigenvalue weighted by molar-refractivity contribution is 5.94. The number of rotatable bonds is 6. The van der Waals surface area contributed by atoms with E-state index < -0.39 is 12.0 Å². The van der Waals surface area contributed by atoms with Crippen molar-refractivity contribution in [2.24, 2.45) is 0 Å². The number of carbonyl (C=O) groups excluding carboxylic acids is 2. The minimum absolute atomic E-state index is 0.00476. The minimum Gasteiger partial charge on any atom is -0.456 e. The summed E-state index contributed by atoms with van der Waals surface area (Å²) >= 11 is 0. The van der Waals surface area contributed by atoms with Crippen LogP contribution in [0.5, 0.6) is 0 Å². The van der Waals surface area contributed by atoms with E-state index in [0.29, 0.717) is 5.56 Å². The van der Waals surface area contributed by atoms with E-state index in [1.54, 1.807) is 24.3 Å². The number of furan rings is 1. The zero-order valence-corrected chi connectivity index (χ0v) is 13.8. The smallest absolute Gasteiger partial charge is 0.272 e. The summed E-state index contributed by atoms with van der Waals surface area (Å²) in [5.74, 6) is -0.511. The van der Waals surface area contributed by atoms with Crippen molar-refractivity contribution < 1.29 is 24.3 Å². The molecule has 0 fully saturated rings. The molecule has 0 radical (unpaired) electrons. The number of para-hydroxylation sites is 1. The third-order valence-corrected chi connectivity index (χ3v) is 3.97. The Kier molecular flexibility index (Phi) is 5.31. The first-order valence-corrected chi connectivity index (χ1v) is 8.07. The van der Waals surface area contributed by atoms with Crippen molar-refractivity contribution in [3.63, 3.8) is 0 Å². The average molecular weight is 354 g/mol. The van der Waals surface area contributed by atoms with Gasteiger partial charge in [-0.25, -0.2) is 5.48 Å². The van der Waals surface area contributed by atoms with Crippen LogP contribution in [0, 0.1) is 0 Å². The molecule has 0 aliphatic carbocycles. The van der Waals surface area contributed by atoms with Crippen LogP contribution in [-0.4, -0.2) is 34.8 Å². The van der Waals surface area contributed by atoms with Crippen molar-refractivity contribution in [2.45, 2.75) is 12.5 Å². The van der Waals surface area contributed by atoms with Gasteiger partial charge in [0, 0.05) is 23.1 Å². The Morgan fingerprint density at radius 2 is 1.81 bits per heavy atom. The zero-order chi connectivity index (χ0) is 18.5. The molecule has 1 heterocycles. The Bertz CT molecular complexity index is 884. The van der Waals surface area contributed by atoms with E-state index in [1.165, 1.54) is 5.48 Å². The van der Waals surface area contributed by atoms with Gasteiger partial charge in [-0.15, -0.1) is 0 Å². The molecule has 3 aromatic rings. The Labute approximate surface area is 149 Å². The number of amides is 2. The molecule has 3 rings (SSSR count). The quantitative estimate of drug-likeness (QED) is 0.400. The molecule has 0 saturated heterocycles. The highest BCUT2D eigenvalue weighted by atomic mass is 16.5. The van der Waals surface area contributed by atoms with Crippen LogP contribution in [-0.2, 0) is 4.79 Å². The largest absolute Gasteiger partial charge is 0.456 e. The first-order valence-electron chi connectivity index (χ1n) is 8.07. The van der Waals surface area contributed by atoms with Gasteiger partial charge in [0.05, 0.1) is 0 Å². The van der Waals surface area contributed by atoms with Gasteiger partial charge < -0.3 is 14.8 Å². The van der Waals surface area contributed by atoms with Gasteiger partial charge >= 0.3 is 0 Å². The van der Waals surface area contributed by atoms with Crippen molar-refractivity contribution in [3.05, 3.63) is 60.2 Å². The first-order chi connectivity index (χ1) is 12.6. The van der Waals surface area contributed by atoms with Gasteiger partial charge in [-0.1, -0.05) is 30.3 Å². The molecule has 4 N–H and O–H groups in total. The van der Waals surface area contributed by atoms with Crippen LogP contribution in [0.25, 0.3) is 22.3 Å². The average Bonchev–Trinajstić information content (AvgIpc) is 3.11. The molecule has 0 aliphatic rings. The fraction of sp³-hybridized carbons (Fsp3) is 0.158. The Balaban J connectivity index is 1.61. The predicted octanol–water partition coefficient (Wildman–Crippen LogP) is 2.09. The fourth-order valence-corrected chi connectivity index (χ4v) is 2.54. The summed E-state index contributed by atoms with van der Waals surface area (Å²) in [6.45, 7) is 0.0960. The van der Waals surface area contributed by atoms with Crippen LogP contribution in [0.2, 0.25) is 0 Å². The third kappa shape index (κ3) is 3.90. The number of benzene rings is 2. The van der Waals surface area contributed by atoms with Gasteiger partial charge in [0.15, 0.2) is 0 Å². The van der Waals surface area contributed by atoms with Crippen molar-refractivity contribution in [3.8, 4) is 11.3 Å². The zero-order valence-electron chi connectivity index (χ0n) is 13.8. The maximum absolute atomic E-state index is 12.1. The summed E-state index contributed by atoms with van der Waals surface area (Å²) in [5, 5.41) is 21.4. The van der Waals surface area contributed by atoms with Crippen LogP contribution < -0.4 is 10.8 Å². The van der Waals surface area contributed by atoms with Crippen molar-refractivity contribution in [1.29, 1.82) is 0 Å². The maximum Gasteiger partial charge on any atom is 0.272 e. The first kappa shape index (κ1) is 17.7. The van der Waals surface area contributed by atoms with Crippen molar-refractivity contribution in [2.75, 3.05) is 6.54 Å². The molecule has 2 amide bonds. The lowest BCUT2D eigenvalue weighted by atomic mass is 10.1. The van der Waals surface area contributed by atoms with Crippen LogP contribution in [0.4, 0.5) is 0 Å². The molecule has 2 aromatic carbocycles. The van der Waals surface area contributed by atoms with E-state index in [-0.39, 0.29) is 18.9 Å². The molecule has 1 atom stereocenters. The number of hydroxylamine groups is 1. The lowest BCUT2D eigenvalue weighted by Crippen LogP contribution is -2.35. The second-order valence-electron chi connectivity index (χ2n) is 5.76. The number of carbonyl (C=O) groups is 2. The summed E-state index contributed by atoms with van der Waals surface area (Å²) in [7, 11) is 0. The lowest BCUT2D eigenvalue weighted by Gasteiger charge is -2.09. The molecular formula is C19H18N2O5. The number of hydrogen-bond acceptors (Lipinski definition) is 5. The molecule has 1 aromatic heterocycles. The summed E-state index contributed by atoms with van der Waals surface area (Å²) in [6.07, 6.45) is -1.38. The summed E-state index contributed by atoms with van der Waals surface area (Å²) in [6, 6.07) is 16.6. The van der Waals surface area contributed by atoms with Gasteiger partial charge in [0.2, 0.25) is 0 Å². The van der Waals surface area contributed by atoms with E-state index in [0.717, 1.165) is 22.3 Å². The molecule has 26 heavy (non-hydrogen) atoms. The normalized spacial score (nSPS) is 11.9. The fourth-order valence-electron chi connectivity index (χ4n) is 2.54. The van der Waals surface area contributed by atoms with E-state index >= 15 is 0 Å².